The van der Waals surface area contributed by atoms with Crippen LogP contribution in [0.15, 0.2) is 28.9 Å². The van der Waals surface area contributed by atoms with Gasteiger partial charge in [0, 0.05) is 6.54 Å². The molecule has 6 heteroatoms. The van der Waals surface area contributed by atoms with Crippen LogP contribution in [0.2, 0.25) is 0 Å². The molecular formula is C15H19N3O3. The van der Waals surface area contributed by atoms with Gasteiger partial charge in [-0.25, -0.2) is 0 Å². The molecule has 1 heterocycles. The number of nitrogens with one attached hydrogen (secondary N) is 2. The number of benzene rings is 1. The number of aliphatic imine (C=N–C) groups is 1. The standard InChI is InChI=1S/C15H19N3O3/c1-3-4-7-16-15-17-11(14(20)18-15)8-10-5-6-12(19)13(9-10)21-2/h5-6,8-9,19H,3-4,7H2,1-2H3,(H2,16,17,18,20)/b11-8-. The Balaban J connectivity index is 2.14. The number of amides is 1. The van der Waals surface area contributed by atoms with Crippen molar-refractivity contribution in [2.75, 3.05) is 13.7 Å². The summed E-state index contributed by atoms with van der Waals surface area (Å²) in [5.74, 6) is 0.674. The van der Waals surface area contributed by atoms with Crippen LogP contribution in [-0.2, 0) is 4.79 Å². The molecule has 1 amide bonds. The Hall–Kier alpha value is -2.50. The second-order valence-electron chi connectivity index (χ2n) is 4.65. The van der Waals surface area contributed by atoms with E-state index in [1.807, 2.05) is 0 Å². The molecule has 0 aliphatic carbocycles. The van der Waals surface area contributed by atoms with Crippen molar-refractivity contribution in [1.82, 2.24) is 10.6 Å². The van der Waals surface area contributed by atoms with Gasteiger partial charge in [0.05, 0.1) is 7.11 Å². The van der Waals surface area contributed by atoms with Crippen LogP contribution in [0, 0.1) is 0 Å². The first-order valence-electron chi connectivity index (χ1n) is 6.85. The lowest BCUT2D eigenvalue weighted by Crippen LogP contribution is -2.25. The van der Waals surface area contributed by atoms with Gasteiger partial charge in [0.15, 0.2) is 11.5 Å². The van der Waals surface area contributed by atoms with Gasteiger partial charge in [0.1, 0.15) is 5.70 Å². The highest BCUT2D eigenvalue weighted by molar-refractivity contribution is 6.15. The molecule has 0 atom stereocenters. The zero-order chi connectivity index (χ0) is 15.2. The first-order chi connectivity index (χ1) is 10.1. The van der Waals surface area contributed by atoms with Crippen LogP contribution < -0.4 is 15.4 Å². The summed E-state index contributed by atoms with van der Waals surface area (Å²) in [5.41, 5.74) is 1.16. The van der Waals surface area contributed by atoms with Gasteiger partial charge in [0.25, 0.3) is 5.91 Å². The van der Waals surface area contributed by atoms with Crippen molar-refractivity contribution < 1.29 is 14.6 Å². The number of hydrogen-bond donors (Lipinski definition) is 3. The van der Waals surface area contributed by atoms with E-state index < -0.39 is 0 Å². The predicted octanol–water partition coefficient (Wildman–Crippen LogP) is 1.62. The van der Waals surface area contributed by atoms with Crippen molar-refractivity contribution in [2.24, 2.45) is 4.99 Å². The number of carbonyl (C=O) groups is 1. The van der Waals surface area contributed by atoms with Crippen molar-refractivity contribution in [3.63, 3.8) is 0 Å². The smallest absolute Gasteiger partial charge is 0.274 e. The molecule has 112 valence electrons. The van der Waals surface area contributed by atoms with Crippen LogP contribution in [0.25, 0.3) is 6.08 Å². The van der Waals surface area contributed by atoms with E-state index in [-0.39, 0.29) is 11.7 Å². The SMILES string of the molecule is CCCCN=C1NC(=O)/C(=C/c2ccc(O)c(OC)c2)N1. The molecule has 1 fully saturated rings. The number of guanidine groups is 1. The molecule has 0 aromatic heterocycles. The van der Waals surface area contributed by atoms with Crippen molar-refractivity contribution in [3.05, 3.63) is 29.5 Å². The molecule has 2 rings (SSSR count). The third kappa shape index (κ3) is 3.75. The van der Waals surface area contributed by atoms with Crippen LogP contribution >= 0.6 is 0 Å². The number of rotatable bonds is 5. The maximum absolute atomic E-state index is 11.8. The van der Waals surface area contributed by atoms with E-state index in [1.54, 1.807) is 18.2 Å². The van der Waals surface area contributed by atoms with Gasteiger partial charge in [-0.15, -0.1) is 0 Å². The second kappa shape index (κ2) is 6.78. The highest BCUT2D eigenvalue weighted by Crippen LogP contribution is 2.27. The largest absolute Gasteiger partial charge is 0.504 e. The number of phenols is 1. The fourth-order valence-corrected chi connectivity index (χ4v) is 1.87. The molecule has 21 heavy (non-hydrogen) atoms. The molecule has 0 spiro atoms. The lowest BCUT2D eigenvalue weighted by molar-refractivity contribution is -0.115. The number of phenolic OH excluding ortho intramolecular Hbond substituents is 1. The number of aromatic hydroxyl groups is 1. The molecule has 0 saturated carbocycles. The normalized spacial score (nSPS) is 17.9. The molecule has 3 N–H and O–H groups in total. The Morgan fingerprint density at radius 2 is 2.19 bits per heavy atom. The first kappa shape index (κ1) is 14.9. The molecule has 1 aliphatic heterocycles. The van der Waals surface area contributed by atoms with Gasteiger partial charge in [-0.3, -0.25) is 15.1 Å². The first-order valence-corrected chi connectivity index (χ1v) is 6.85. The fourth-order valence-electron chi connectivity index (χ4n) is 1.87. The molecule has 6 nitrogen and oxygen atoms in total. The summed E-state index contributed by atoms with van der Waals surface area (Å²) in [6.45, 7) is 2.77. The molecule has 0 unspecified atom stereocenters. The topological polar surface area (TPSA) is 83.0 Å². The third-order valence-electron chi connectivity index (χ3n) is 3.03. The van der Waals surface area contributed by atoms with Gasteiger partial charge < -0.3 is 15.2 Å². The summed E-state index contributed by atoms with van der Waals surface area (Å²) >= 11 is 0. The predicted molar refractivity (Wildman–Crippen MR) is 81.1 cm³/mol. The Labute approximate surface area is 123 Å². The zero-order valence-electron chi connectivity index (χ0n) is 12.1. The van der Waals surface area contributed by atoms with Crippen molar-refractivity contribution in [3.8, 4) is 11.5 Å². The monoisotopic (exact) mass is 289 g/mol. The lowest BCUT2D eigenvalue weighted by Gasteiger charge is -2.04. The van der Waals surface area contributed by atoms with E-state index in [2.05, 4.69) is 22.5 Å². The molecule has 1 aromatic carbocycles. The van der Waals surface area contributed by atoms with Crippen LogP contribution in [-0.4, -0.2) is 30.6 Å². The van der Waals surface area contributed by atoms with Crippen molar-refractivity contribution in [2.45, 2.75) is 19.8 Å². The van der Waals surface area contributed by atoms with Gasteiger partial charge in [-0.1, -0.05) is 19.4 Å². The second-order valence-corrected chi connectivity index (χ2v) is 4.65. The number of hydrogen-bond acceptors (Lipinski definition) is 4. The zero-order valence-corrected chi connectivity index (χ0v) is 12.1. The van der Waals surface area contributed by atoms with E-state index in [1.165, 1.54) is 13.2 Å². The summed E-state index contributed by atoms with van der Waals surface area (Å²) in [7, 11) is 1.48. The minimum Gasteiger partial charge on any atom is -0.504 e. The highest BCUT2D eigenvalue weighted by Gasteiger charge is 2.21. The minimum absolute atomic E-state index is 0.0605. The van der Waals surface area contributed by atoms with Crippen LogP contribution in [0.3, 0.4) is 0 Å². The number of methoxy groups -OCH3 is 1. The maximum Gasteiger partial charge on any atom is 0.274 e. The van der Waals surface area contributed by atoms with E-state index >= 15 is 0 Å². The van der Waals surface area contributed by atoms with Gasteiger partial charge in [-0.05, 0) is 30.2 Å². The van der Waals surface area contributed by atoms with Crippen LogP contribution in [0.4, 0.5) is 0 Å². The molecule has 0 bridgehead atoms. The average Bonchev–Trinajstić information content (AvgIpc) is 2.81. The van der Waals surface area contributed by atoms with E-state index in [4.69, 9.17) is 4.74 Å². The number of nitrogens with zero attached hydrogens (tertiary/aromatic N) is 1. The minimum atomic E-state index is -0.225. The van der Waals surface area contributed by atoms with Crippen molar-refractivity contribution in [1.29, 1.82) is 0 Å². The summed E-state index contributed by atoms with van der Waals surface area (Å²) in [6.07, 6.45) is 3.72. The van der Waals surface area contributed by atoms with E-state index in [0.29, 0.717) is 24.0 Å². The van der Waals surface area contributed by atoms with Crippen LogP contribution in [0.5, 0.6) is 11.5 Å². The van der Waals surface area contributed by atoms with Gasteiger partial charge in [-0.2, -0.15) is 0 Å². The molecule has 1 saturated heterocycles. The Bertz CT molecular complexity index is 594. The Morgan fingerprint density at radius 3 is 2.90 bits per heavy atom. The van der Waals surface area contributed by atoms with Gasteiger partial charge in [0.2, 0.25) is 5.96 Å². The third-order valence-corrected chi connectivity index (χ3v) is 3.03. The van der Waals surface area contributed by atoms with Gasteiger partial charge >= 0.3 is 0 Å². The fraction of sp³-hybridized carbons (Fsp3) is 0.333. The summed E-state index contributed by atoms with van der Waals surface area (Å²) in [5, 5.41) is 15.2. The Morgan fingerprint density at radius 1 is 1.38 bits per heavy atom. The highest BCUT2D eigenvalue weighted by atomic mass is 16.5. The Kier molecular flexibility index (Phi) is 4.81. The number of unbranched alkanes of at least 4 members (excludes halogenated alkanes) is 1. The van der Waals surface area contributed by atoms with E-state index in [0.717, 1.165) is 18.4 Å². The van der Waals surface area contributed by atoms with Crippen LogP contribution in [0.1, 0.15) is 25.3 Å². The molecule has 1 aliphatic rings. The molecular weight excluding hydrogens is 270 g/mol. The number of ether oxygens (including phenoxy) is 1. The summed E-state index contributed by atoms with van der Waals surface area (Å²) in [6, 6.07) is 4.88. The molecule has 0 radical (unpaired) electrons. The number of carbonyl (C=O) groups excluding carboxylic acids is 1. The summed E-state index contributed by atoms with van der Waals surface area (Å²) < 4.78 is 5.04. The lowest BCUT2D eigenvalue weighted by atomic mass is 10.1. The van der Waals surface area contributed by atoms with E-state index in [9.17, 15) is 9.90 Å². The maximum atomic E-state index is 11.8. The quantitative estimate of drug-likeness (QED) is 0.568. The van der Waals surface area contributed by atoms with Crippen molar-refractivity contribution >= 4 is 17.9 Å². The molecule has 1 aromatic rings. The summed E-state index contributed by atoms with van der Waals surface area (Å²) in [4.78, 5) is 16.1. The average molecular weight is 289 g/mol.